The zero-order valence-corrected chi connectivity index (χ0v) is 10.2. The fraction of sp³-hybridized carbons (Fsp3) is 0.636. The van der Waals surface area contributed by atoms with Crippen molar-refractivity contribution >= 4 is 5.91 Å². The van der Waals surface area contributed by atoms with Crippen LogP contribution in [-0.2, 0) is 0 Å². The molecule has 0 fully saturated rings. The van der Waals surface area contributed by atoms with Crippen LogP contribution in [0, 0.1) is 12.8 Å². The van der Waals surface area contributed by atoms with E-state index in [-0.39, 0.29) is 11.8 Å². The summed E-state index contributed by atoms with van der Waals surface area (Å²) in [4.78, 5) is 15.8. The molecule has 1 aromatic heterocycles. The molecule has 1 atom stereocenters. The molecule has 1 unspecified atom stereocenters. The molecule has 0 aliphatic carbocycles. The Morgan fingerprint density at radius 3 is 2.69 bits per heavy atom. The number of hydrogen-bond acceptors (Lipinski definition) is 4. The Bertz CT molecular complexity index is 373. The Labute approximate surface area is 95.4 Å². The molecule has 5 nitrogen and oxygen atoms in total. The van der Waals surface area contributed by atoms with Gasteiger partial charge in [0.15, 0.2) is 12.1 Å². The summed E-state index contributed by atoms with van der Waals surface area (Å²) in [5.74, 6) is 0.516. The molecule has 16 heavy (non-hydrogen) atoms. The maximum atomic E-state index is 11.9. The van der Waals surface area contributed by atoms with Gasteiger partial charge in [0, 0.05) is 6.54 Å². The van der Waals surface area contributed by atoms with E-state index in [2.05, 4.69) is 10.3 Å². The van der Waals surface area contributed by atoms with Crippen molar-refractivity contribution in [2.45, 2.75) is 33.2 Å². The minimum atomic E-state index is -0.428. The largest absolute Gasteiger partial charge is 0.448 e. The topological polar surface area (TPSA) is 81.2 Å². The highest BCUT2D eigenvalue weighted by molar-refractivity contribution is 5.93. The maximum absolute atomic E-state index is 11.9. The number of carbonyl (C=O) groups is 1. The van der Waals surface area contributed by atoms with Gasteiger partial charge in [-0.25, -0.2) is 4.98 Å². The number of nitrogens with zero attached hydrogens (tertiary/aromatic N) is 1. The quantitative estimate of drug-likeness (QED) is 0.803. The van der Waals surface area contributed by atoms with Gasteiger partial charge in [0.25, 0.3) is 5.91 Å². The minimum Gasteiger partial charge on any atom is -0.448 e. The smallest absolute Gasteiger partial charge is 0.273 e. The molecule has 3 N–H and O–H groups in total. The van der Waals surface area contributed by atoms with Crippen molar-refractivity contribution in [1.82, 2.24) is 10.3 Å². The molecule has 0 saturated heterocycles. The van der Waals surface area contributed by atoms with Crippen molar-refractivity contribution in [3.8, 4) is 0 Å². The van der Waals surface area contributed by atoms with E-state index in [4.69, 9.17) is 10.2 Å². The van der Waals surface area contributed by atoms with E-state index in [1.807, 2.05) is 20.8 Å². The van der Waals surface area contributed by atoms with Crippen molar-refractivity contribution in [2.75, 3.05) is 6.54 Å². The molecule has 0 radical (unpaired) electrons. The Morgan fingerprint density at radius 2 is 2.31 bits per heavy atom. The highest BCUT2D eigenvalue weighted by atomic mass is 16.3. The van der Waals surface area contributed by atoms with Crippen molar-refractivity contribution in [2.24, 2.45) is 11.7 Å². The van der Waals surface area contributed by atoms with E-state index in [1.165, 1.54) is 6.39 Å². The van der Waals surface area contributed by atoms with Crippen LogP contribution in [-0.4, -0.2) is 23.0 Å². The van der Waals surface area contributed by atoms with Gasteiger partial charge in [-0.15, -0.1) is 0 Å². The summed E-state index contributed by atoms with van der Waals surface area (Å²) < 4.78 is 4.99. The monoisotopic (exact) mass is 225 g/mol. The van der Waals surface area contributed by atoms with Gasteiger partial charge in [-0.2, -0.15) is 0 Å². The van der Waals surface area contributed by atoms with Crippen LogP contribution >= 0.6 is 0 Å². The Morgan fingerprint density at radius 1 is 1.69 bits per heavy atom. The summed E-state index contributed by atoms with van der Waals surface area (Å²) >= 11 is 0. The van der Waals surface area contributed by atoms with E-state index in [0.717, 1.165) is 0 Å². The first-order valence-electron chi connectivity index (χ1n) is 5.33. The second kappa shape index (κ2) is 4.65. The average Bonchev–Trinajstić information content (AvgIpc) is 2.64. The van der Waals surface area contributed by atoms with Crippen LogP contribution in [0.3, 0.4) is 0 Å². The Hall–Kier alpha value is -1.36. The molecule has 0 aromatic carbocycles. The number of amides is 1. The molecule has 1 amide bonds. The molecule has 1 rings (SSSR count). The third kappa shape index (κ3) is 2.41. The maximum Gasteiger partial charge on any atom is 0.273 e. The summed E-state index contributed by atoms with van der Waals surface area (Å²) in [6.45, 7) is 8.04. The van der Waals surface area contributed by atoms with Gasteiger partial charge in [-0.05, 0) is 19.8 Å². The first kappa shape index (κ1) is 12.7. The first-order chi connectivity index (χ1) is 7.40. The second-order valence-electron chi connectivity index (χ2n) is 4.49. The number of aryl methyl sites for hydroxylation is 1. The molecule has 0 aliphatic heterocycles. The zero-order valence-electron chi connectivity index (χ0n) is 10.2. The van der Waals surface area contributed by atoms with Crippen LogP contribution in [0.2, 0.25) is 0 Å². The fourth-order valence-electron chi connectivity index (χ4n) is 1.27. The molecular formula is C11H19N3O2. The van der Waals surface area contributed by atoms with Gasteiger partial charge >= 0.3 is 0 Å². The molecular weight excluding hydrogens is 206 g/mol. The molecule has 0 aliphatic rings. The molecule has 5 heteroatoms. The number of rotatable bonds is 4. The van der Waals surface area contributed by atoms with Gasteiger partial charge in [0.2, 0.25) is 0 Å². The predicted molar refractivity (Wildman–Crippen MR) is 61.0 cm³/mol. The first-order valence-corrected chi connectivity index (χ1v) is 5.33. The van der Waals surface area contributed by atoms with E-state index in [0.29, 0.717) is 18.0 Å². The Kier molecular flexibility index (Phi) is 3.70. The van der Waals surface area contributed by atoms with E-state index in [9.17, 15) is 4.79 Å². The molecule has 90 valence electrons. The predicted octanol–water partition coefficient (Wildman–Crippen LogP) is 1.09. The number of nitrogens with two attached hydrogens (primary N) is 1. The molecule has 0 spiro atoms. The third-order valence-electron chi connectivity index (χ3n) is 3.06. The van der Waals surface area contributed by atoms with Crippen LogP contribution in [0.1, 0.15) is 37.0 Å². The number of carbonyl (C=O) groups excluding carboxylic acids is 1. The lowest BCUT2D eigenvalue weighted by Gasteiger charge is -2.33. The number of aromatic nitrogens is 1. The van der Waals surface area contributed by atoms with Crippen LogP contribution in [0.15, 0.2) is 10.8 Å². The standard InChI is InChI=1S/C11H19N3O2/c1-7(2)11(4,5-12)14-10(15)9-8(3)16-6-13-9/h6-7H,5,12H2,1-4H3,(H,14,15). The molecule has 0 saturated carbocycles. The number of oxazole rings is 1. The summed E-state index contributed by atoms with van der Waals surface area (Å²) in [7, 11) is 0. The summed E-state index contributed by atoms with van der Waals surface area (Å²) in [5, 5.41) is 2.90. The van der Waals surface area contributed by atoms with Crippen molar-refractivity contribution in [1.29, 1.82) is 0 Å². The van der Waals surface area contributed by atoms with Gasteiger partial charge in [-0.1, -0.05) is 13.8 Å². The SMILES string of the molecule is Cc1ocnc1C(=O)NC(C)(CN)C(C)C. The Balaban J connectivity index is 2.82. The van der Waals surface area contributed by atoms with Crippen LogP contribution in [0.5, 0.6) is 0 Å². The summed E-state index contributed by atoms with van der Waals surface area (Å²) in [5.41, 5.74) is 5.58. The highest BCUT2D eigenvalue weighted by Crippen LogP contribution is 2.16. The summed E-state index contributed by atoms with van der Waals surface area (Å²) in [6.07, 6.45) is 1.26. The third-order valence-corrected chi connectivity index (χ3v) is 3.06. The average molecular weight is 225 g/mol. The number of hydrogen-bond donors (Lipinski definition) is 2. The van der Waals surface area contributed by atoms with Crippen molar-refractivity contribution in [3.05, 3.63) is 17.8 Å². The lowest BCUT2D eigenvalue weighted by atomic mass is 9.88. The zero-order chi connectivity index (χ0) is 12.3. The van der Waals surface area contributed by atoms with Gasteiger partial charge in [0.1, 0.15) is 5.76 Å². The molecule has 1 aromatic rings. The number of nitrogens with one attached hydrogen (secondary N) is 1. The van der Waals surface area contributed by atoms with Crippen LogP contribution in [0.25, 0.3) is 0 Å². The van der Waals surface area contributed by atoms with Crippen molar-refractivity contribution < 1.29 is 9.21 Å². The highest BCUT2D eigenvalue weighted by Gasteiger charge is 2.30. The lowest BCUT2D eigenvalue weighted by Crippen LogP contribution is -2.55. The molecule has 1 heterocycles. The van der Waals surface area contributed by atoms with Gasteiger partial charge in [-0.3, -0.25) is 4.79 Å². The van der Waals surface area contributed by atoms with E-state index in [1.54, 1.807) is 6.92 Å². The van der Waals surface area contributed by atoms with Crippen LogP contribution < -0.4 is 11.1 Å². The van der Waals surface area contributed by atoms with Gasteiger partial charge < -0.3 is 15.5 Å². The molecule has 0 bridgehead atoms. The fourth-order valence-corrected chi connectivity index (χ4v) is 1.27. The lowest BCUT2D eigenvalue weighted by molar-refractivity contribution is 0.0877. The minimum absolute atomic E-state index is 0.243. The van der Waals surface area contributed by atoms with E-state index >= 15 is 0 Å². The second-order valence-corrected chi connectivity index (χ2v) is 4.49. The van der Waals surface area contributed by atoms with E-state index < -0.39 is 5.54 Å². The van der Waals surface area contributed by atoms with Crippen LogP contribution in [0.4, 0.5) is 0 Å². The summed E-state index contributed by atoms with van der Waals surface area (Å²) in [6, 6.07) is 0. The van der Waals surface area contributed by atoms with Crippen molar-refractivity contribution in [3.63, 3.8) is 0 Å². The normalized spacial score (nSPS) is 14.9. The van der Waals surface area contributed by atoms with Gasteiger partial charge in [0.05, 0.1) is 5.54 Å².